The van der Waals surface area contributed by atoms with Crippen molar-refractivity contribution >= 4 is 28.9 Å². The molecule has 28 heavy (non-hydrogen) atoms. The largest absolute Gasteiger partial charge is 0.416 e. The number of nitrogens with zero attached hydrogens (tertiary/aromatic N) is 1. The number of hydrogen-bond donors (Lipinski definition) is 3. The lowest BCUT2D eigenvalue weighted by Gasteiger charge is -2.10. The van der Waals surface area contributed by atoms with Gasteiger partial charge in [0.2, 0.25) is 5.91 Å². The Morgan fingerprint density at radius 3 is 2.21 bits per heavy atom. The van der Waals surface area contributed by atoms with E-state index in [4.69, 9.17) is 5.26 Å². The average Bonchev–Trinajstić information content (AvgIpc) is 2.61. The Hall–Kier alpha value is -3.80. The molecule has 9 heteroatoms. The standard InChI is InChI=1S/C19H15F3N4O2/c1-12(27)25-17-7-3-5-15(9-17)24-11-13(10-23)18(28)26-16-6-2-4-14(8-16)19(20,21)22/h2-9,11,24H,1H3,(H,25,27)(H,26,28)/b13-11-. The molecule has 0 aliphatic heterocycles. The predicted octanol–water partition coefficient (Wildman–Crippen LogP) is 4.12. The highest BCUT2D eigenvalue weighted by Crippen LogP contribution is 2.30. The fourth-order valence-corrected chi connectivity index (χ4v) is 2.17. The van der Waals surface area contributed by atoms with Gasteiger partial charge in [-0.1, -0.05) is 12.1 Å². The van der Waals surface area contributed by atoms with E-state index in [2.05, 4.69) is 16.0 Å². The second-order valence-corrected chi connectivity index (χ2v) is 5.61. The van der Waals surface area contributed by atoms with Gasteiger partial charge in [0.1, 0.15) is 11.6 Å². The molecule has 2 aromatic rings. The number of rotatable bonds is 5. The summed E-state index contributed by atoms with van der Waals surface area (Å²) in [6.07, 6.45) is -3.43. The van der Waals surface area contributed by atoms with Gasteiger partial charge in [-0.15, -0.1) is 0 Å². The predicted molar refractivity (Wildman–Crippen MR) is 98.1 cm³/mol. The average molecular weight is 388 g/mol. The van der Waals surface area contributed by atoms with Gasteiger partial charge in [0.05, 0.1) is 5.56 Å². The Morgan fingerprint density at radius 1 is 1.00 bits per heavy atom. The van der Waals surface area contributed by atoms with Crippen molar-refractivity contribution in [2.24, 2.45) is 0 Å². The van der Waals surface area contributed by atoms with Gasteiger partial charge in [0.25, 0.3) is 5.91 Å². The summed E-state index contributed by atoms with van der Waals surface area (Å²) >= 11 is 0. The second kappa shape index (κ2) is 8.73. The van der Waals surface area contributed by atoms with Crippen molar-refractivity contribution in [2.45, 2.75) is 13.1 Å². The fourth-order valence-electron chi connectivity index (χ4n) is 2.17. The van der Waals surface area contributed by atoms with Crippen molar-refractivity contribution in [1.82, 2.24) is 0 Å². The zero-order chi connectivity index (χ0) is 20.7. The molecule has 3 N–H and O–H groups in total. The second-order valence-electron chi connectivity index (χ2n) is 5.61. The first-order chi connectivity index (χ1) is 13.2. The normalized spacial score (nSPS) is 11.3. The van der Waals surface area contributed by atoms with E-state index in [1.165, 1.54) is 13.0 Å². The molecule has 0 aliphatic rings. The number of halogens is 3. The molecular formula is C19H15F3N4O2. The van der Waals surface area contributed by atoms with Gasteiger partial charge in [-0.3, -0.25) is 9.59 Å². The molecule has 144 valence electrons. The molecule has 0 bridgehead atoms. The van der Waals surface area contributed by atoms with Crippen LogP contribution in [0.4, 0.5) is 30.2 Å². The first-order valence-electron chi connectivity index (χ1n) is 7.92. The summed E-state index contributed by atoms with van der Waals surface area (Å²) < 4.78 is 38.2. The summed E-state index contributed by atoms with van der Waals surface area (Å²) in [5.41, 5.74) is -0.347. The van der Waals surface area contributed by atoms with Gasteiger partial charge >= 0.3 is 6.18 Å². The van der Waals surface area contributed by atoms with Crippen LogP contribution in [-0.4, -0.2) is 11.8 Å². The van der Waals surface area contributed by atoms with E-state index in [9.17, 15) is 22.8 Å². The van der Waals surface area contributed by atoms with E-state index in [0.29, 0.717) is 11.4 Å². The van der Waals surface area contributed by atoms with Crippen LogP contribution in [0.3, 0.4) is 0 Å². The van der Waals surface area contributed by atoms with E-state index in [1.807, 2.05) is 0 Å². The van der Waals surface area contributed by atoms with Crippen LogP contribution in [0.15, 0.2) is 60.3 Å². The third kappa shape index (κ3) is 5.88. The lowest BCUT2D eigenvalue weighted by atomic mass is 10.2. The number of amides is 2. The highest BCUT2D eigenvalue weighted by Gasteiger charge is 2.30. The number of alkyl halides is 3. The number of anilines is 3. The quantitative estimate of drug-likeness (QED) is 0.530. The smallest absolute Gasteiger partial charge is 0.360 e. The van der Waals surface area contributed by atoms with E-state index in [-0.39, 0.29) is 17.2 Å². The Bertz CT molecular complexity index is 962. The van der Waals surface area contributed by atoms with Crippen molar-refractivity contribution in [2.75, 3.05) is 16.0 Å². The van der Waals surface area contributed by atoms with E-state index >= 15 is 0 Å². The lowest BCUT2D eigenvalue weighted by molar-refractivity contribution is -0.137. The molecule has 0 spiro atoms. The van der Waals surface area contributed by atoms with Crippen molar-refractivity contribution in [3.05, 3.63) is 65.9 Å². The van der Waals surface area contributed by atoms with Crippen LogP contribution in [0.5, 0.6) is 0 Å². The highest BCUT2D eigenvalue weighted by atomic mass is 19.4. The number of nitriles is 1. The topological polar surface area (TPSA) is 94.0 Å². The van der Waals surface area contributed by atoms with Crippen LogP contribution in [0.2, 0.25) is 0 Å². The van der Waals surface area contributed by atoms with Crippen molar-refractivity contribution in [1.29, 1.82) is 5.26 Å². The van der Waals surface area contributed by atoms with Gasteiger partial charge in [0.15, 0.2) is 0 Å². The summed E-state index contributed by atoms with van der Waals surface area (Å²) in [7, 11) is 0. The molecule has 0 saturated carbocycles. The van der Waals surface area contributed by atoms with Crippen LogP contribution < -0.4 is 16.0 Å². The number of benzene rings is 2. The van der Waals surface area contributed by atoms with Gasteiger partial charge in [0, 0.05) is 30.2 Å². The SMILES string of the molecule is CC(=O)Nc1cccc(N/C=C(/C#N)C(=O)Nc2cccc(C(F)(F)F)c2)c1. The van der Waals surface area contributed by atoms with Crippen LogP contribution in [0, 0.1) is 11.3 Å². The Morgan fingerprint density at radius 2 is 1.61 bits per heavy atom. The molecule has 0 unspecified atom stereocenters. The number of hydrogen-bond acceptors (Lipinski definition) is 4. The number of nitrogens with one attached hydrogen (secondary N) is 3. The number of carbonyl (C=O) groups excluding carboxylic acids is 2. The molecule has 0 aromatic heterocycles. The first kappa shape index (κ1) is 20.5. The third-order valence-electron chi connectivity index (χ3n) is 3.38. The maximum Gasteiger partial charge on any atom is 0.416 e. The maximum atomic E-state index is 12.7. The van der Waals surface area contributed by atoms with Crippen LogP contribution in [0.25, 0.3) is 0 Å². The Balaban J connectivity index is 2.12. The Kier molecular flexibility index (Phi) is 6.39. The minimum atomic E-state index is -4.55. The zero-order valence-corrected chi connectivity index (χ0v) is 14.6. The van der Waals surface area contributed by atoms with Crippen LogP contribution in [0.1, 0.15) is 12.5 Å². The zero-order valence-electron chi connectivity index (χ0n) is 14.6. The van der Waals surface area contributed by atoms with E-state index in [0.717, 1.165) is 24.4 Å². The summed E-state index contributed by atoms with van der Waals surface area (Å²) in [5, 5.41) is 16.7. The van der Waals surface area contributed by atoms with Crippen molar-refractivity contribution in [3.63, 3.8) is 0 Å². The maximum absolute atomic E-state index is 12.7. The molecular weight excluding hydrogens is 373 g/mol. The molecule has 6 nitrogen and oxygen atoms in total. The molecule has 0 atom stereocenters. The van der Waals surface area contributed by atoms with Crippen LogP contribution >= 0.6 is 0 Å². The molecule has 2 rings (SSSR count). The monoisotopic (exact) mass is 388 g/mol. The van der Waals surface area contributed by atoms with Gasteiger partial charge in [-0.05, 0) is 36.4 Å². The highest BCUT2D eigenvalue weighted by molar-refractivity contribution is 6.06. The van der Waals surface area contributed by atoms with Crippen LogP contribution in [-0.2, 0) is 15.8 Å². The van der Waals surface area contributed by atoms with Gasteiger partial charge in [-0.25, -0.2) is 0 Å². The Labute approximate surface area is 158 Å². The molecule has 0 heterocycles. The van der Waals surface area contributed by atoms with E-state index in [1.54, 1.807) is 30.3 Å². The fraction of sp³-hybridized carbons (Fsp3) is 0.105. The molecule has 0 fully saturated rings. The molecule has 2 aromatic carbocycles. The van der Waals surface area contributed by atoms with Crippen molar-refractivity contribution < 1.29 is 22.8 Å². The third-order valence-corrected chi connectivity index (χ3v) is 3.38. The summed E-state index contributed by atoms with van der Waals surface area (Å²) in [6, 6.07) is 12.3. The number of carbonyl (C=O) groups is 2. The minimum absolute atomic E-state index is 0.0892. The van der Waals surface area contributed by atoms with Gasteiger partial charge < -0.3 is 16.0 Å². The van der Waals surface area contributed by atoms with E-state index < -0.39 is 17.6 Å². The summed E-state index contributed by atoms with van der Waals surface area (Å²) in [4.78, 5) is 23.2. The molecule has 0 radical (unpaired) electrons. The molecule has 2 amide bonds. The lowest BCUT2D eigenvalue weighted by Crippen LogP contribution is -2.15. The first-order valence-corrected chi connectivity index (χ1v) is 7.92. The minimum Gasteiger partial charge on any atom is -0.360 e. The van der Waals surface area contributed by atoms with Gasteiger partial charge in [-0.2, -0.15) is 18.4 Å². The summed E-state index contributed by atoms with van der Waals surface area (Å²) in [6.45, 7) is 1.35. The molecule has 0 aliphatic carbocycles. The molecule has 0 saturated heterocycles. The van der Waals surface area contributed by atoms with Crippen molar-refractivity contribution in [3.8, 4) is 6.07 Å². The summed E-state index contributed by atoms with van der Waals surface area (Å²) in [5.74, 6) is -1.13.